The van der Waals surface area contributed by atoms with Gasteiger partial charge in [0, 0.05) is 6.04 Å². The summed E-state index contributed by atoms with van der Waals surface area (Å²) >= 11 is 0. The third-order valence-electron chi connectivity index (χ3n) is 4.15. The van der Waals surface area contributed by atoms with Crippen LogP contribution in [0.2, 0.25) is 0 Å². The van der Waals surface area contributed by atoms with Crippen molar-refractivity contribution in [3.8, 4) is 0 Å². The highest BCUT2D eigenvalue weighted by atomic mass is 16.5. The van der Waals surface area contributed by atoms with Crippen molar-refractivity contribution in [3.63, 3.8) is 0 Å². The lowest BCUT2D eigenvalue weighted by atomic mass is 9.95. The summed E-state index contributed by atoms with van der Waals surface area (Å²) in [5, 5.41) is 3.42. The Labute approximate surface area is 136 Å². The van der Waals surface area contributed by atoms with Gasteiger partial charge < -0.3 is 10.1 Å². The minimum Gasteiger partial charge on any atom is -0.461 e. The molecule has 0 radical (unpaired) electrons. The quantitative estimate of drug-likeness (QED) is 0.847. The summed E-state index contributed by atoms with van der Waals surface area (Å²) in [4.78, 5) is 21.5. The number of nitrogens with zero attached hydrogens (tertiary/aromatic N) is 2. The van der Waals surface area contributed by atoms with Crippen LogP contribution in [0.5, 0.6) is 0 Å². The largest absolute Gasteiger partial charge is 0.461 e. The number of hydrogen-bond donors (Lipinski definition) is 1. The molecule has 1 saturated carbocycles. The second-order valence-corrected chi connectivity index (χ2v) is 6.02. The highest BCUT2D eigenvalue weighted by Gasteiger charge is 2.21. The maximum Gasteiger partial charge on any atom is 0.360 e. The molecule has 0 saturated heterocycles. The lowest BCUT2D eigenvalue weighted by Gasteiger charge is -2.24. The molecule has 1 aromatic carbocycles. The average molecular weight is 313 g/mol. The molecule has 1 aliphatic carbocycles. The number of ether oxygens (including phenoxy) is 1. The predicted molar refractivity (Wildman–Crippen MR) is 90.6 cm³/mol. The molecule has 0 spiro atoms. The maximum absolute atomic E-state index is 12.3. The molecule has 0 aliphatic heterocycles. The predicted octanol–water partition coefficient (Wildman–Crippen LogP) is 3.94. The molecule has 0 atom stereocenters. The molecule has 3 rings (SSSR count). The molecule has 0 bridgehead atoms. The van der Waals surface area contributed by atoms with E-state index in [-0.39, 0.29) is 0 Å². The SMILES string of the molecule is CCCOC(=O)c1nc2ccccc2nc1NC1CCCCC1. The minimum absolute atomic E-state index is 0.294. The summed E-state index contributed by atoms with van der Waals surface area (Å²) in [6.07, 6.45) is 6.73. The van der Waals surface area contributed by atoms with Crippen LogP contribution in [0, 0.1) is 0 Å². The van der Waals surface area contributed by atoms with Gasteiger partial charge in [0.15, 0.2) is 11.5 Å². The number of nitrogens with one attached hydrogen (secondary N) is 1. The van der Waals surface area contributed by atoms with Gasteiger partial charge in [0.2, 0.25) is 0 Å². The number of carbonyl (C=O) groups is 1. The van der Waals surface area contributed by atoms with E-state index in [1.54, 1.807) is 0 Å². The molecular formula is C18H23N3O2. The van der Waals surface area contributed by atoms with Gasteiger partial charge in [-0.2, -0.15) is 0 Å². The van der Waals surface area contributed by atoms with Crippen molar-refractivity contribution >= 4 is 22.8 Å². The number of benzene rings is 1. The molecule has 122 valence electrons. The maximum atomic E-state index is 12.3. The van der Waals surface area contributed by atoms with Crippen molar-refractivity contribution in [2.75, 3.05) is 11.9 Å². The van der Waals surface area contributed by atoms with Gasteiger partial charge in [0.1, 0.15) is 0 Å². The molecule has 0 unspecified atom stereocenters. The van der Waals surface area contributed by atoms with Gasteiger partial charge in [0.05, 0.1) is 17.6 Å². The van der Waals surface area contributed by atoms with E-state index in [0.717, 1.165) is 24.8 Å². The van der Waals surface area contributed by atoms with E-state index in [1.165, 1.54) is 19.3 Å². The van der Waals surface area contributed by atoms with Crippen molar-refractivity contribution in [1.29, 1.82) is 0 Å². The topological polar surface area (TPSA) is 64.1 Å². The molecule has 5 nitrogen and oxygen atoms in total. The standard InChI is InChI=1S/C18H23N3O2/c1-2-12-23-18(22)16-17(19-13-8-4-3-5-9-13)21-15-11-7-6-10-14(15)20-16/h6-7,10-11,13H,2-5,8-9,12H2,1H3,(H,19,21). The van der Waals surface area contributed by atoms with Crippen LogP contribution in [0.25, 0.3) is 11.0 Å². The van der Waals surface area contributed by atoms with E-state index in [9.17, 15) is 4.79 Å². The molecule has 1 heterocycles. The highest BCUT2D eigenvalue weighted by molar-refractivity contribution is 5.95. The first-order valence-electron chi connectivity index (χ1n) is 8.48. The monoisotopic (exact) mass is 313 g/mol. The van der Waals surface area contributed by atoms with E-state index >= 15 is 0 Å². The van der Waals surface area contributed by atoms with Crippen LogP contribution in [0.1, 0.15) is 55.9 Å². The highest BCUT2D eigenvalue weighted by Crippen LogP contribution is 2.24. The van der Waals surface area contributed by atoms with Crippen LogP contribution >= 0.6 is 0 Å². The molecule has 1 aliphatic rings. The van der Waals surface area contributed by atoms with Gasteiger partial charge >= 0.3 is 5.97 Å². The minimum atomic E-state index is -0.400. The first-order chi connectivity index (χ1) is 11.3. The Hall–Kier alpha value is -2.17. The molecule has 2 aromatic rings. The smallest absolute Gasteiger partial charge is 0.360 e. The van der Waals surface area contributed by atoms with Crippen molar-refractivity contribution in [1.82, 2.24) is 9.97 Å². The van der Waals surface area contributed by atoms with Crippen LogP contribution in [-0.4, -0.2) is 28.6 Å². The lowest BCUT2D eigenvalue weighted by molar-refractivity contribution is 0.0499. The molecule has 1 fully saturated rings. The Morgan fingerprint density at radius 3 is 2.57 bits per heavy atom. The van der Waals surface area contributed by atoms with Crippen LogP contribution in [0.3, 0.4) is 0 Å². The molecule has 1 aromatic heterocycles. The van der Waals surface area contributed by atoms with Crippen molar-refractivity contribution in [2.24, 2.45) is 0 Å². The summed E-state index contributed by atoms with van der Waals surface area (Å²) in [6, 6.07) is 7.96. The zero-order chi connectivity index (χ0) is 16.1. The Morgan fingerprint density at radius 2 is 1.87 bits per heavy atom. The second kappa shape index (κ2) is 7.40. The fraction of sp³-hybridized carbons (Fsp3) is 0.500. The molecule has 1 N–H and O–H groups in total. The fourth-order valence-electron chi connectivity index (χ4n) is 2.95. The van der Waals surface area contributed by atoms with Gasteiger partial charge in [-0.25, -0.2) is 14.8 Å². The van der Waals surface area contributed by atoms with E-state index in [4.69, 9.17) is 4.74 Å². The number of aromatic nitrogens is 2. The first-order valence-corrected chi connectivity index (χ1v) is 8.48. The molecular weight excluding hydrogens is 290 g/mol. The Morgan fingerprint density at radius 1 is 1.17 bits per heavy atom. The number of para-hydroxylation sites is 2. The van der Waals surface area contributed by atoms with Crippen molar-refractivity contribution in [3.05, 3.63) is 30.0 Å². The van der Waals surface area contributed by atoms with Crippen molar-refractivity contribution in [2.45, 2.75) is 51.5 Å². The summed E-state index contributed by atoms with van der Waals surface area (Å²) in [7, 11) is 0. The zero-order valence-corrected chi connectivity index (χ0v) is 13.5. The van der Waals surface area contributed by atoms with Crippen LogP contribution < -0.4 is 5.32 Å². The van der Waals surface area contributed by atoms with E-state index in [1.807, 2.05) is 31.2 Å². The molecule has 5 heteroatoms. The Bertz CT molecular complexity index is 681. The Balaban J connectivity index is 1.92. The summed E-state index contributed by atoms with van der Waals surface area (Å²) < 4.78 is 5.27. The normalized spacial score (nSPS) is 15.5. The third-order valence-corrected chi connectivity index (χ3v) is 4.15. The average Bonchev–Trinajstić information content (AvgIpc) is 2.60. The summed E-state index contributed by atoms with van der Waals surface area (Å²) in [6.45, 7) is 2.37. The zero-order valence-electron chi connectivity index (χ0n) is 13.5. The molecule has 0 amide bonds. The van der Waals surface area contributed by atoms with Crippen molar-refractivity contribution < 1.29 is 9.53 Å². The number of rotatable bonds is 5. The number of hydrogen-bond acceptors (Lipinski definition) is 5. The first kappa shape index (κ1) is 15.7. The number of fused-ring (bicyclic) bond motifs is 1. The number of esters is 1. The van der Waals surface area contributed by atoms with Crippen LogP contribution in [-0.2, 0) is 4.74 Å². The number of anilines is 1. The van der Waals surface area contributed by atoms with Crippen LogP contribution in [0.15, 0.2) is 24.3 Å². The van der Waals surface area contributed by atoms with E-state index in [0.29, 0.717) is 29.7 Å². The lowest BCUT2D eigenvalue weighted by Crippen LogP contribution is -2.25. The van der Waals surface area contributed by atoms with E-state index in [2.05, 4.69) is 15.3 Å². The second-order valence-electron chi connectivity index (χ2n) is 6.02. The van der Waals surface area contributed by atoms with Gasteiger partial charge in [0.25, 0.3) is 0 Å². The van der Waals surface area contributed by atoms with Crippen LogP contribution in [0.4, 0.5) is 5.82 Å². The molecule has 23 heavy (non-hydrogen) atoms. The fourth-order valence-corrected chi connectivity index (χ4v) is 2.95. The van der Waals surface area contributed by atoms with Gasteiger partial charge in [-0.3, -0.25) is 0 Å². The third kappa shape index (κ3) is 3.78. The summed E-state index contributed by atoms with van der Waals surface area (Å²) in [5.41, 5.74) is 1.80. The summed E-state index contributed by atoms with van der Waals surface area (Å²) in [5.74, 6) is 0.153. The van der Waals surface area contributed by atoms with Gasteiger partial charge in [-0.15, -0.1) is 0 Å². The van der Waals surface area contributed by atoms with Gasteiger partial charge in [-0.1, -0.05) is 38.3 Å². The van der Waals surface area contributed by atoms with E-state index < -0.39 is 5.97 Å². The number of carbonyl (C=O) groups excluding carboxylic acids is 1. The Kier molecular flexibility index (Phi) is 5.05. The van der Waals surface area contributed by atoms with Gasteiger partial charge in [-0.05, 0) is 31.4 Å².